The van der Waals surface area contributed by atoms with Gasteiger partial charge in [0.05, 0.1) is 44.0 Å². The van der Waals surface area contributed by atoms with Crippen molar-refractivity contribution < 1.29 is 169 Å². The van der Waals surface area contributed by atoms with Crippen LogP contribution in [0.2, 0.25) is 0 Å². The summed E-state index contributed by atoms with van der Waals surface area (Å²) in [6.07, 6.45) is -15.5. The molecule has 2 aromatic carbocycles. The number of aliphatic imine (C=N–C) groups is 1. The molecule has 0 saturated heterocycles. The Kier molecular flexibility index (Phi) is 50.3. The van der Waals surface area contributed by atoms with Crippen LogP contribution < -0.4 is 117 Å². The van der Waals surface area contributed by atoms with E-state index in [4.69, 9.17) is 38.5 Å². The topological polar surface area (TPSA) is 939 Å². The number of phosphoric acid groups is 2. The molecule has 18 atom stereocenters. The zero-order valence-corrected chi connectivity index (χ0v) is 77.2. The molecule has 0 aliphatic carbocycles. The molecule has 2 rings (SSSR count). The average molecular weight is 1980 g/mol. The minimum atomic E-state index is -5.17. The standard InChI is InChI=1S/C78H123N21O35P2/c1-34(2)27-49(64(81)113)92-76(125)62(38(7)103)97-68(117)48(22-25-59(111)112)89-70(119)52(30-42-14-18-44(19-15-42)134-136(130,131)132)94-77(126)63(39(8)104)98-67(116)47(21-24-58(109)110)88-66(115)46(20-23-55(79)106)90-73(122)54(33-100)95-65(114)45(11-10-26-84-78(82)83)91-75(124)61(37(6)102)99-72(121)53(31-56(80)107)93-69(118)50(28-35(3)4)87-57(108)32-85-74(123)60(36(5)101)96-71(120)51(86-40(9)105)29-41-12-16-43(17-13-41)133-135(127,128)129/h12-19,34-39,45-54,60-63,100-104H,10-11,20-33H2,1-9H3,(H2,79,106)(H2,80,107)(H2,81,113)(H,85,123)(H,86,105)(H,87,108)(H,88,115)(H,89,119)(H,90,122)(H,91,124)(H,92,125)(H,93,118)(H,94,126)(H,95,114)(H,96,120)(H,97,117)(H,98,116)(H,99,121)(H,109,110)(H,111,112)(H4,82,83,84)(H2,127,128,129)(H2,130,131,132)/t36-,37-,38-,39-,45+,46+,47+,48+,49+,50+,51+,52+,53+,54+,60+,61+,62+,63+/m1/s1. The number of amides is 18. The molecular weight excluding hydrogens is 1850 g/mol. The lowest BCUT2D eigenvalue weighted by Crippen LogP contribution is -2.63. The highest BCUT2D eigenvalue weighted by Crippen LogP contribution is 2.38. The van der Waals surface area contributed by atoms with Crippen LogP contribution in [0.15, 0.2) is 53.5 Å². The number of aliphatic hydroxyl groups excluding tert-OH is 5. The van der Waals surface area contributed by atoms with Crippen molar-refractivity contribution >= 4 is 140 Å². The van der Waals surface area contributed by atoms with E-state index in [2.05, 4.69) is 93.8 Å². The zero-order chi connectivity index (χ0) is 104. The summed E-state index contributed by atoms with van der Waals surface area (Å²) in [5, 5.41) is 107. The molecule has 0 bridgehead atoms. The number of guanidine groups is 1. The van der Waals surface area contributed by atoms with Gasteiger partial charge >= 0.3 is 27.6 Å². The number of nitrogens with one attached hydrogen (secondary N) is 15. The Hall–Kier alpha value is -13.2. The van der Waals surface area contributed by atoms with E-state index in [0.717, 1.165) is 71.0 Å². The highest BCUT2D eigenvalue weighted by atomic mass is 31.2. The van der Waals surface area contributed by atoms with Crippen LogP contribution in [0.5, 0.6) is 11.5 Å². The molecule has 136 heavy (non-hydrogen) atoms. The summed E-state index contributed by atoms with van der Waals surface area (Å²) in [4.78, 5) is 311. The van der Waals surface area contributed by atoms with Crippen molar-refractivity contribution in [3.63, 3.8) is 0 Å². The van der Waals surface area contributed by atoms with Crippen molar-refractivity contribution in [2.45, 2.75) is 255 Å². The molecule has 2 aromatic rings. The second kappa shape index (κ2) is 57.5. The SMILES string of the molecule is CC(=O)N[C@@H](Cc1ccc(OP(=O)(O)O)cc1)C(=O)N[C@H](C(=O)NCC(=O)N[C@@H](CC(C)C)C(=O)N[C@@H](CC(N)=O)C(=O)N[C@H](C(=O)N[C@@H](CCCN=C(N)N)C(=O)N[C@@H](CO)C(=O)N[C@@H](CCC(N)=O)C(=O)N[C@@H](CCC(=O)O)C(=O)N[C@H](C(=O)N[C@@H](Cc1ccc(OP(=O)(O)O)cc1)C(=O)N[C@@H](CCC(=O)O)C(=O)N[C@H](C(=O)N[C@@H](CC(C)C)C(N)=O)[C@@H](C)O)[C@@H](C)O)[C@@H](C)O)[C@@H](C)O. The van der Waals surface area contributed by atoms with Crippen LogP contribution in [0.1, 0.15) is 144 Å². The number of nitrogens with zero attached hydrogens (tertiary/aromatic N) is 1. The van der Waals surface area contributed by atoms with Gasteiger partial charge in [-0.25, -0.2) is 9.13 Å². The minimum absolute atomic E-state index is 0.00326. The molecule has 760 valence electrons. The lowest BCUT2D eigenvalue weighted by molar-refractivity contribution is -0.140. The number of aliphatic carboxylic acids is 2. The first-order chi connectivity index (χ1) is 63.1. The third-order valence-electron chi connectivity index (χ3n) is 19.2. The largest absolute Gasteiger partial charge is 0.524 e. The number of rotatable bonds is 62. The van der Waals surface area contributed by atoms with E-state index in [-0.39, 0.29) is 49.5 Å². The fourth-order valence-electron chi connectivity index (χ4n) is 12.5. The maximum atomic E-state index is 14.5. The van der Waals surface area contributed by atoms with Crippen LogP contribution in [0.4, 0.5) is 0 Å². The predicted octanol–water partition coefficient (Wildman–Crippen LogP) is -11.6. The van der Waals surface area contributed by atoms with Crippen molar-refractivity contribution in [1.29, 1.82) is 0 Å². The number of nitrogens with two attached hydrogens (primary N) is 5. The van der Waals surface area contributed by atoms with Gasteiger partial charge in [-0.3, -0.25) is 120 Å². The number of benzene rings is 2. The maximum absolute atomic E-state index is 14.5. The highest BCUT2D eigenvalue weighted by molar-refractivity contribution is 7.47. The number of carboxylic acids is 2. The lowest BCUT2D eigenvalue weighted by atomic mass is 10.0. The van der Waals surface area contributed by atoms with Crippen molar-refractivity contribution in [2.24, 2.45) is 45.5 Å². The summed E-state index contributed by atoms with van der Waals surface area (Å²) in [6.45, 7) is 8.98. The quantitative estimate of drug-likeness (QED) is 0.0127. The monoisotopic (exact) mass is 1980 g/mol. The first-order valence-corrected chi connectivity index (χ1v) is 45.0. The van der Waals surface area contributed by atoms with E-state index < -0.39 is 331 Å². The van der Waals surface area contributed by atoms with Gasteiger partial charge in [-0.15, -0.1) is 0 Å². The number of carbonyl (C=O) groups is 20. The van der Waals surface area contributed by atoms with E-state index in [1.807, 2.05) is 0 Å². The van der Waals surface area contributed by atoms with Gasteiger partial charge in [-0.1, -0.05) is 52.0 Å². The predicted molar refractivity (Wildman–Crippen MR) is 469 cm³/mol. The molecule has 18 amide bonds. The van der Waals surface area contributed by atoms with Crippen molar-refractivity contribution in [2.75, 3.05) is 19.7 Å². The van der Waals surface area contributed by atoms with Crippen LogP contribution in [-0.4, -0.2) is 308 Å². The smallest absolute Gasteiger partial charge is 0.481 e. The Morgan fingerprint density at radius 3 is 1.03 bits per heavy atom. The number of phosphoric ester groups is 2. The maximum Gasteiger partial charge on any atom is 0.524 e. The van der Waals surface area contributed by atoms with E-state index in [1.165, 1.54) is 12.1 Å². The highest BCUT2D eigenvalue weighted by Gasteiger charge is 2.41. The second-order valence-electron chi connectivity index (χ2n) is 32.2. The number of carbonyl (C=O) groups excluding carboxylic acids is 18. The number of hydrogen-bond acceptors (Lipinski definition) is 30. The van der Waals surface area contributed by atoms with Gasteiger partial charge < -0.3 is 153 Å². The van der Waals surface area contributed by atoms with Crippen LogP contribution in [0.3, 0.4) is 0 Å². The van der Waals surface area contributed by atoms with Gasteiger partial charge in [0.15, 0.2) is 5.96 Å². The third kappa shape index (κ3) is 46.2. The molecule has 0 spiro atoms. The first kappa shape index (κ1) is 119. The van der Waals surface area contributed by atoms with Gasteiger partial charge in [0.25, 0.3) is 0 Å². The molecular formula is C78H123N21O35P2. The summed E-state index contributed by atoms with van der Waals surface area (Å²) in [6, 6.07) is -17.7. The lowest BCUT2D eigenvalue weighted by Gasteiger charge is -2.29. The molecule has 0 unspecified atom stereocenters. The Bertz CT molecular complexity index is 4650. The summed E-state index contributed by atoms with van der Waals surface area (Å²) >= 11 is 0. The van der Waals surface area contributed by atoms with Crippen LogP contribution in [-0.2, 0) is 118 Å². The molecule has 58 heteroatoms. The molecule has 0 fully saturated rings. The minimum Gasteiger partial charge on any atom is -0.481 e. The number of primary amides is 3. The van der Waals surface area contributed by atoms with Crippen molar-refractivity contribution in [1.82, 2.24) is 79.8 Å². The molecule has 56 nitrogen and oxygen atoms in total. The summed E-state index contributed by atoms with van der Waals surface area (Å²) in [5.74, 6) is -27.6. The van der Waals surface area contributed by atoms with Crippen LogP contribution >= 0.6 is 15.6 Å². The van der Waals surface area contributed by atoms with Gasteiger partial charge in [0, 0.05) is 45.6 Å². The zero-order valence-electron chi connectivity index (χ0n) is 75.4. The molecule has 0 aromatic heterocycles. The average Bonchev–Trinajstić information content (AvgIpc) is 0.844. The van der Waals surface area contributed by atoms with Gasteiger partial charge in [0.1, 0.15) is 96.1 Å². The molecule has 0 saturated carbocycles. The third-order valence-corrected chi connectivity index (χ3v) is 20.1. The van der Waals surface area contributed by atoms with Crippen LogP contribution in [0.25, 0.3) is 0 Å². The fourth-order valence-corrected chi connectivity index (χ4v) is 13.3. The van der Waals surface area contributed by atoms with E-state index in [9.17, 15) is 151 Å². The number of carboxylic acid groups (broad SMARTS) is 2. The van der Waals surface area contributed by atoms with E-state index in [0.29, 0.717) is 5.56 Å². The first-order valence-electron chi connectivity index (χ1n) is 42.0. The van der Waals surface area contributed by atoms with Crippen molar-refractivity contribution in [3.05, 3.63) is 59.7 Å². The number of aliphatic hydroxyl groups is 5. The molecule has 0 heterocycles. The Morgan fingerprint density at radius 2 is 0.676 bits per heavy atom. The fraction of sp³-hybridized carbons (Fsp3) is 0.577. The Labute approximate surface area is 777 Å². The molecule has 36 N–H and O–H groups in total. The normalized spacial score (nSPS) is 15.3. The molecule has 0 aliphatic heterocycles. The summed E-state index contributed by atoms with van der Waals surface area (Å²) < 4.78 is 32.0. The van der Waals surface area contributed by atoms with E-state index in [1.54, 1.807) is 27.7 Å². The van der Waals surface area contributed by atoms with Gasteiger partial charge in [0.2, 0.25) is 106 Å². The second-order valence-corrected chi connectivity index (χ2v) is 34.5. The summed E-state index contributed by atoms with van der Waals surface area (Å²) in [7, 11) is -10.1. The van der Waals surface area contributed by atoms with E-state index >= 15 is 0 Å². The van der Waals surface area contributed by atoms with Crippen molar-refractivity contribution in [3.8, 4) is 11.5 Å². The Morgan fingerprint density at radius 1 is 0.368 bits per heavy atom. The van der Waals surface area contributed by atoms with Crippen LogP contribution in [0, 0.1) is 11.8 Å². The van der Waals surface area contributed by atoms with Gasteiger partial charge in [-0.2, -0.15) is 0 Å². The number of hydrogen-bond donors (Lipinski definition) is 31. The molecule has 0 radical (unpaired) electrons. The summed E-state index contributed by atoms with van der Waals surface area (Å²) in [5.41, 5.74) is 27.6. The molecule has 0 aliphatic rings. The van der Waals surface area contributed by atoms with Gasteiger partial charge in [-0.05, 0) is 120 Å². The Balaban J connectivity index is 2.56.